The van der Waals surface area contributed by atoms with Crippen LogP contribution in [0, 0.1) is 11.6 Å². The Morgan fingerprint density at radius 3 is 2.21 bits per heavy atom. The number of nitrogens with zero attached hydrogens (tertiary/aromatic N) is 2. The molecule has 2 heterocycles. The van der Waals surface area contributed by atoms with Gasteiger partial charge in [0.1, 0.15) is 17.2 Å². The number of piperazine rings is 1. The molecule has 0 aromatic heterocycles. The Kier molecular flexibility index (Phi) is 7.08. The van der Waals surface area contributed by atoms with Gasteiger partial charge in [-0.3, -0.25) is 4.79 Å². The third-order valence-electron chi connectivity index (χ3n) is 6.62. The first kappa shape index (κ1) is 26.4. The monoisotopic (exact) mass is 480 g/mol. The second kappa shape index (κ2) is 9.11. The number of benzene rings is 1. The topological polar surface area (TPSA) is 68.3 Å². The molecular weight excluding hydrogens is 445 g/mol. The van der Waals surface area contributed by atoms with Gasteiger partial charge in [-0.15, -0.1) is 0 Å². The zero-order chi connectivity index (χ0) is 25.6. The number of carbonyl (C=O) groups is 2. The Labute approximate surface area is 200 Å². The largest absolute Gasteiger partial charge is 0.497 e. The predicted octanol–water partition coefficient (Wildman–Crippen LogP) is 3.27. The molecule has 2 aliphatic heterocycles. The first-order valence-electron chi connectivity index (χ1n) is 11.6. The highest BCUT2D eigenvalue weighted by Crippen LogP contribution is 2.36. The summed E-state index contributed by atoms with van der Waals surface area (Å²) in [7, 11) is -1.04. The summed E-state index contributed by atoms with van der Waals surface area (Å²) >= 11 is 0. The maximum Gasteiger partial charge on any atom is 0.497 e. The third-order valence-corrected chi connectivity index (χ3v) is 6.62. The summed E-state index contributed by atoms with van der Waals surface area (Å²) in [5.41, 5.74) is -2.06. The van der Waals surface area contributed by atoms with Gasteiger partial charge in [0.25, 0.3) is 0 Å². The quantitative estimate of drug-likeness (QED) is 0.622. The van der Waals surface area contributed by atoms with Gasteiger partial charge in [0, 0.05) is 31.1 Å². The molecule has 0 bridgehead atoms. The van der Waals surface area contributed by atoms with Crippen molar-refractivity contribution in [3.8, 4) is 0 Å². The smallest absolute Gasteiger partial charge is 0.444 e. The van der Waals surface area contributed by atoms with Gasteiger partial charge in [-0.2, -0.15) is 0 Å². The molecule has 2 saturated heterocycles. The van der Waals surface area contributed by atoms with E-state index in [1.54, 1.807) is 30.6 Å². The van der Waals surface area contributed by atoms with Crippen LogP contribution in [0.2, 0.25) is 0 Å². The standard InChI is InChI=1S/C24H35BF2N2O5/c1-15-14-28(9-10-29(15)21(31)32-22(2,3)4)20(30)12-16-11-19(27)17(13-18(16)26)25-33-23(5,6)24(7,8)34-25/h11,13,15H,9-10,12,14H2,1-8H3/t15-/m0/s1. The van der Waals surface area contributed by atoms with Crippen LogP contribution in [0.4, 0.5) is 13.6 Å². The van der Waals surface area contributed by atoms with E-state index in [0.29, 0.717) is 13.1 Å². The van der Waals surface area contributed by atoms with Gasteiger partial charge < -0.3 is 23.8 Å². The zero-order valence-electron chi connectivity index (χ0n) is 21.3. The van der Waals surface area contributed by atoms with Gasteiger partial charge in [-0.25, -0.2) is 13.6 Å². The highest BCUT2D eigenvalue weighted by Gasteiger charge is 2.52. The molecule has 34 heavy (non-hydrogen) atoms. The molecule has 1 aromatic carbocycles. The van der Waals surface area contributed by atoms with Crippen molar-refractivity contribution in [2.45, 2.75) is 84.7 Å². The van der Waals surface area contributed by atoms with Crippen molar-refractivity contribution in [3.05, 3.63) is 29.3 Å². The lowest BCUT2D eigenvalue weighted by molar-refractivity contribution is -0.133. The first-order valence-corrected chi connectivity index (χ1v) is 11.6. The molecule has 0 saturated carbocycles. The first-order chi connectivity index (χ1) is 15.5. The van der Waals surface area contributed by atoms with Gasteiger partial charge in [-0.05, 0) is 73.1 Å². The Balaban J connectivity index is 1.66. The van der Waals surface area contributed by atoms with Crippen molar-refractivity contribution in [3.63, 3.8) is 0 Å². The van der Waals surface area contributed by atoms with Crippen molar-refractivity contribution in [1.29, 1.82) is 0 Å². The van der Waals surface area contributed by atoms with Crippen LogP contribution in [0.15, 0.2) is 12.1 Å². The van der Waals surface area contributed by atoms with Crippen molar-refractivity contribution in [1.82, 2.24) is 9.80 Å². The van der Waals surface area contributed by atoms with Gasteiger partial charge >= 0.3 is 13.2 Å². The SMILES string of the molecule is C[C@H]1CN(C(=O)Cc2cc(F)c(B3OC(C)(C)C(C)(C)O3)cc2F)CCN1C(=O)OC(C)(C)C. The second-order valence-corrected chi connectivity index (χ2v) is 11.1. The van der Waals surface area contributed by atoms with Crippen LogP contribution in [-0.2, 0) is 25.3 Å². The van der Waals surface area contributed by atoms with E-state index in [2.05, 4.69) is 0 Å². The zero-order valence-corrected chi connectivity index (χ0v) is 21.3. The molecule has 0 N–H and O–H groups in total. The molecule has 2 fully saturated rings. The Bertz CT molecular complexity index is 947. The minimum atomic E-state index is -1.04. The van der Waals surface area contributed by atoms with E-state index in [9.17, 15) is 18.4 Å². The minimum Gasteiger partial charge on any atom is -0.444 e. The van der Waals surface area contributed by atoms with Crippen LogP contribution in [-0.4, -0.2) is 71.4 Å². The summed E-state index contributed by atoms with van der Waals surface area (Å²) in [4.78, 5) is 28.4. The fourth-order valence-corrected chi connectivity index (χ4v) is 3.94. The van der Waals surface area contributed by atoms with E-state index >= 15 is 0 Å². The Hall–Kier alpha value is -2.20. The van der Waals surface area contributed by atoms with Crippen molar-refractivity contribution >= 4 is 24.6 Å². The van der Waals surface area contributed by atoms with Crippen molar-refractivity contribution < 1.29 is 32.4 Å². The van der Waals surface area contributed by atoms with Gasteiger partial charge in [0.05, 0.1) is 17.6 Å². The van der Waals surface area contributed by atoms with E-state index in [1.807, 2.05) is 34.6 Å². The van der Waals surface area contributed by atoms with Crippen LogP contribution in [0.1, 0.15) is 61.0 Å². The van der Waals surface area contributed by atoms with E-state index < -0.39 is 41.6 Å². The Morgan fingerprint density at radius 2 is 1.68 bits per heavy atom. The fraction of sp³-hybridized carbons (Fsp3) is 0.667. The molecule has 2 amide bonds. The molecule has 7 nitrogen and oxygen atoms in total. The number of ether oxygens (including phenoxy) is 1. The van der Waals surface area contributed by atoms with Crippen molar-refractivity contribution in [2.75, 3.05) is 19.6 Å². The number of carbonyl (C=O) groups excluding carboxylic acids is 2. The minimum absolute atomic E-state index is 0.0352. The molecule has 10 heteroatoms. The van der Waals surface area contributed by atoms with E-state index in [0.717, 1.165) is 12.1 Å². The van der Waals surface area contributed by atoms with Crippen LogP contribution >= 0.6 is 0 Å². The molecular formula is C24H35BF2N2O5. The van der Waals surface area contributed by atoms with Gasteiger partial charge in [0.15, 0.2) is 0 Å². The fourth-order valence-electron chi connectivity index (χ4n) is 3.94. The van der Waals surface area contributed by atoms with Crippen LogP contribution in [0.25, 0.3) is 0 Å². The average molecular weight is 480 g/mol. The summed E-state index contributed by atoms with van der Waals surface area (Å²) in [6, 6.07) is 1.82. The summed E-state index contributed by atoms with van der Waals surface area (Å²) in [6.45, 7) is 15.4. The molecule has 0 unspecified atom stereocenters. The summed E-state index contributed by atoms with van der Waals surface area (Å²) in [5, 5.41) is 0. The number of halogens is 2. The molecule has 3 rings (SSSR count). The van der Waals surface area contributed by atoms with Gasteiger partial charge in [0.2, 0.25) is 5.91 Å². The number of rotatable bonds is 3. The van der Waals surface area contributed by atoms with E-state index in [4.69, 9.17) is 14.0 Å². The van der Waals surface area contributed by atoms with Crippen LogP contribution < -0.4 is 5.46 Å². The second-order valence-electron chi connectivity index (χ2n) is 11.1. The third kappa shape index (κ3) is 5.54. The lowest BCUT2D eigenvalue weighted by Crippen LogP contribution is -2.56. The summed E-state index contributed by atoms with van der Waals surface area (Å²) < 4.78 is 46.9. The van der Waals surface area contributed by atoms with E-state index in [1.165, 1.54) is 0 Å². The predicted molar refractivity (Wildman–Crippen MR) is 125 cm³/mol. The lowest BCUT2D eigenvalue weighted by Gasteiger charge is -2.40. The van der Waals surface area contributed by atoms with Crippen LogP contribution in [0.3, 0.4) is 0 Å². The van der Waals surface area contributed by atoms with Gasteiger partial charge in [-0.1, -0.05) is 0 Å². The highest BCUT2D eigenvalue weighted by atomic mass is 19.1. The van der Waals surface area contributed by atoms with E-state index in [-0.39, 0.29) is 35.9 Å². The average Bonchev–Trinajstić information content (AvgIpc) is 2.89. The molecule has 188 valence electrons. The summed E-state index contributed by atoms with van der Waals surface area (Å²) in [5.74, 6) is -1.72. The molecule has 1 aromatic rings. The lowest BCUT2D eigenvalue weighted by atomic mass is 9.78. The molecule has 2 aliphatic rings. The molecule has 1 atom stereocenters. The summed E-state index contributed by atoms with van der Waals surface area (Å²) in [6.07, 6.45) is -0.718. The molecule has 0 spiro atoms. The highest BCUT2D eigenvalue weighted by molar-refractivity contribution is 6.62. The Morgan fingerprint density at radius 1 is 1.09 bits per heavy atom. The maximum atomic E-state index is 14.9. The maximum absolute atomic E-state index is 14.9. The molecule has 0 radical (unpaired) electrons. The molecule has 0 aliphatic carbocycles. The normalized spacial score (nSPS) is 22.2. The number of hydrogen-bond donors (Lipinski definition) is 0. The van der Waals surface area contributed by atoms with Crippen LogP contribution in [0.5, 0.6) is 0 Å². The number of amides is 2. The number of hydrogen-bond acceptors (Lipinski definition) is 5. The van der Waals surface area contributed by atoms with Crippen molar-refractivity contribution in [2.24, 2.45) is 0 Å².